The van der Waals surface area contributed by atoms with Crippen LogP contribution in [0.5, 0.6) is 0 Å². The van der Waals surface area contributed by atoms with Gasteiger partial charge in [0.15, 0.2) is 0 Å². The van der Waals surface area contributed by atoms with Crippen molar-refractivity contribution in [3.63, 3.8) is 0 Å². The van der Waals surface area contributed by atoms with Gasteiger partial charge in [0.05, 0.1) is 12.1 Å². The van der Waals surface area contributed by atoms with E-state index < -0.39 is 12.1 Å². The highest BCUT2D eigenvalue weighted by Crippen LogP contribution is 2.17. The van der Waals surface area contributed by atoms with Gasteiger partial charge in [0.2, 0.25) is 5.91 Å². The first-order chi connectivity index (χ1) is 8.71. The zero-order valence-electron chi connectivity index (χ0n) is 11.9. The van der Waals surface area contributed by atoms with E-state index in [0.29, 0.717) is 5.56 Å². The maximum atomic E-state index is 12.7. The van der Waals surface area contributed by atoms with Crippen molar-refractivity contribution >= 4 is 18.3 Å². The first kappa shape index (κ1) is 18.8. The van der Waals surface area contributed by atoms with Crippen LogP contribution >= 0.6 is 12.4 Å². The number of carbonyl (C=O) groups is 1. The first-order valence-electron chi connectivity index (χ1n) is 6.18. The number of carbonyl (C=O) groups excluding carboxylic acids is 1. The molecule has 1 amide bonds. The minimum Gasteiger partial charge on any atom is -0.387 e. The molecule has 1 unspecified atom stereocenters. The Morgan fingerprint density at radius 3 is 2.30 bits per heavy atom. The van der Waals surface area contributed by atoms with Gasteiger partial charge in [-0.15, -0.1) is 12.4 Å². The van der Waals surface area contributed by atoms with E-state index in [1.54, 1.807) is 0 Å². The van der Waals surface area contributed by atoms with Crippen LogP contribution in [0.15, 0.2) is 24.3 Å². The van der Waals surface area contributed by atoms with Crippen molar-refractivity contribution in [3.8, 4) is 0 Å². The summed E-state index contributed by atoms with van der Waals surface area (Å²) in [5.41, 5.74) is 6.00. The molecule has 20 heavy (non-hydrogen) atoms. The highest BCUT2D eigenvalue weighted by atomic mass is 35.5. The van der Waals surface area contributed by atoms with Crippen molar-refractivity contribution < 1.29 is 14.3 Å². The molecule has 1 rings (SSSR count). The lowest BCUT2D eigenvalue weighted by Gasteiger charge is -2.26. The molecule has 0 aliphatic carbocycles. The Morgan fingerprint density at radius 1 is 1.35 bits per heavy atom. The second kappa shape index (κ2) is 7.57. The summed E-state index contributed by atoms with van der Waals surface area (Å²) < 4.78 is 12.7. The smallest absolute Gasteiger partial charge is 0.237 e. The normalized spacial score (nSPS) is 14.1. The zero-order valence-corrected chi connectivity index (χ0v) is 12.7. The van der Waals surface area contributed by atoms with Gasteiger partial charge in [-0.2, -0.15) is 0 Å². The number of benzene rings is 1. The molecule has 0 fully saturated rings. The molecule has 0 heterocycles. The largest absolute Gasteiger partial charge is 0.387 e. The molecule has 0 aromatic heterocycles. The third kappa shape index (κ3) is 5.45. The first-order valence-corrected chi connectivity index (χ1v) is 6.18. The molecule has 1 aromatic rings. The van der Waals surface area contributed by atoms with Crippen molar-refractivity contribution in [1.29, 1.82) is 0 Å². The van der Waals surface area contributed by atoms with Crippen LogP contribution in [-0.2, 0) is 4.79 Å². The van der Waals surface area contributed by atoms with Crippen LogP contribution in [0, 0.1) is 11.2 Å². The fraction of sp³-hybridized carbons (Fsp3) is 0.500. The lowest BCUT2D eigenvalue weighted by Crippen LogP contribution is -2.49. The number of amides is 1. The van der Waals surface area contributed by atoms with Gasteiger partial charge in [-0.25, -0.2) is 4.39 Å². The summed E-state index contributed by atoms with van der Waals surface area (Å²) >= 11 is 0. The van der Waals surface area contributed by atoms with E-state index in [4.69, 9.17) is 5.73 Å². The van der Waals surface area contributed by atoms with Gasteiger partial charge < -0.3 is 16.2 Å². The highest BCUT2D eigenvalue weighted by Gasteiger charge is 2.27. The van der Waals surface area contributed by atoms with Gasteiger partial charge in [0.25, 0.3) is 0 Å². The van der Waals surface area contributed by atoms with Gasteiger partial charge in [0, 0.05) is 6.54 Å². The third-order valence-corrected chi connectivity index (χ3v) is 2.94. The zero-order chi connectivity index (χ0) is 14.6. The summed E-state index contributed by atoms with van der Waals surface area (Å²) in [6.45, 7) is 5.66. The summed E-state index contributed by atoms with van der Waals surface area (Å²) in [6.07, 6.45) is -0.878. The van der Waals surface area contributed by atoms with Crippen molar-refractivity contribution in [1.82, 2.24) is 5.32 Å². The predicted octanol–water partition coefficient (Wildman–Crippen LogP) is 1.77. The maximum absolute atomic E-state index is 12.7. The van der Waals surface area contributed by atoms with Crippen molar-refractivity contribution in [2.24, 2.45) is 11.1 Å². The van der Waals surface area contributed by atoms with Gasteiger partial charge in [0.1, 0.15) is 5.82 Å². The Balaban J connectivity index is 0.00000361. The number of nitrogens with two attached hydrogens (primary N) is 1. The maximum Gasteiger partial charge on any atom is 0.237 e. The SMILES string of the molecule is CC(C)(C)[C@H](N)C(=O)NCC(O)c1ccc(F)cc1.Cl. The molecule has 1 aromatic carbocycles. The molecular weight excluding hydrogens is 283 g/mol. The number of aliphatic hydroxyl groups excluding tert-OH is 1. The Hall–Kier alpha value is -1.17. The van der Waals surface area contributed by atoms with Crippen molar-refractivity contribution in [2.45, 2.75) is 32.9 Å². The van der Waals surface area contributed by atoms with Gasteiger partial charge in [-0.05, 0) is 23.1 Å². The van der Waals surface area contributed by atoms with Crippen LogP contribution in [0.3, 0.4) is 0 Å². The average molecular weight is 305 g/mol. The van der Waals surface area contributed by atoms with Gasteiger partial charge in [-0.1, -0.05) is 32.9 Å². The molecule has 4 N–H and O–H groups in total. The molecular formula is C14H22ClFN2O2. The number of hydrogen-bond donors (Lipinski definition) is 3. The molecule has 2 atom stereocenters. The van der Waals surface area contributed by atoms with Crippen LogP contribution in [0.1, 0.15) is 32.4 Å². The van der Waals surface area contributed by atoms with Crippen molar-refractivity contribution in [3.05, 3.63) is 35.6 Å². The molecule has 0 aliphatic heterocycles. The highest BCUT2D eigenvalue weighted by molar-refractivity contribution is 5.85. The molecule has 0 bridgehead atoms. The molecule has 0 radical (unpaired) electrons. The number of rotatable bonds is 4. The minimum atomic E-state index is -0.878. The van der Waals surface area contributed by atoms with Crippen LogP contribution < -0.4 is 11.1 Å². The fourth-order valence-corrected chi connectivity index (χ4v) is 1.50. The molecule has 4 nitrogen and oxygen atoms in total. The predicted molar refractivity (Wildman–Crippen MR) is 79.0 cm³/mol. The number of nitrogens with one attached hydrogen (secondary N) is 1. The van der Waals surface area contributed by atoms with Crippen LogP contribution in [-0.4, -0.2) is 23.6 Å². The summed E-state index contributed by atoms with van der Waals surface area (Å²) in [5, 5.41) is 12.5. The molecule has 0 spiro atoms. The quantitative estimate of drug-likeness (QED) is 0.793. The van der Waals surface area contributed by atoms with E-state index in [1.807, 2.05) is 20.8 Å². The number of aliphatic hydroxyl groups is 1. The third-order valence-electron chi connectivity index (χ3n) is 2.94. The molecule has 6 heteroatoms. The fourth-order valence-electron chi connectivity index (χ4n) is 1.50. The standard InChI is InChI=1S/C14H21FN2O2.ClH/c1-14(2,3)12(16)13(19)17-8-11(18)9-4-6-10(15)7-5-9;/h4-7,11-12,18H,8,16H2,1-3H3,(H,17,19);1H/t11?,12-;/m1./s1. The summed E-state index contributed by atoms with van der Waals surface area (Å²) in [4.78, 5) is 11.8. The minimum absolute atomic E-state index is 0. The number of halogens is 2. The second-order valence-electron chi connectivity index (χ2n) is 5.66. The van der Waals surface area contributed by atoms with E-state index in [1.165, 1.54) is 24.3 Å². The second-order valence-corrected chi connectivity index (χ2v) is 5.66. The lowest BCUT2D eigenvalue weighted by molar-refractivity contribution is -0.125. The topological polar surface area (TPSA) is 75.4 Å². The Labute approximate surface area is 125 Å². The summed E-state index contributed by atoms with van der Waals surface area (Å²) in [6, 6.07) is 4.85. The van der Waals surface area contributed by atoms with Gasteiger partial charge in [-0.3, -0.25) is 4.79 Å². The van der Waals surface area contributed by atoms with Crippen LogP contribution in [0.2, 0.25) is 0 Å². The Morgan fingerprint density at radius 2 is 1.85 bits per heavy atom. The van der Waals surface area contributed by atoms with E-state index >= 15 is 0 Å². The van der Waals surface area contributed by atoms with E-state index in [0.717, 1.165) is 0 Å². The average Bonchev–Trinajstić information content (AvgIpc) is 2.34. The van der Waals surface area contributed by atoms with Crippen LogP contribution in [0.25, 0.3) is 0 Å². The summed E-state index contributed by atoms with van der Waals surface area (Å²) in [7, 11) is 0. The Bertz CT molecular complexity index is 432. The molecule has 0 aliphatic rings. The molecule has 114 valence electrons. The molecule has 0 saturated carbocycles. The summed E-state index contributed by atoms with van der Waals surface area (Å²) in [5.74, 6) is -0.677. The van der Waals surface area contributed by atoms with Gasteiger partial charge >= 0.3 is 0 Å². The Kier molecular flexibility index (Phi) is 7.13. The van der Waals surface area contributed by atoms with E-state index in [2.05, 4.69) is 5.32 Å². The monoisotopic (exact) mass is 304 g/mol. The van der Waals surface area contributed by atoms with Crippen LogP contribution in [0.4, 0.5) is 4.39 Å². The number of hydrogen-bond acceptors (Lipinski definition) is 3. The van der Waals surface area contributed by atoms with Crippen molar-refractivity contribution in [2.75, 3.05) is 6.54 Å². The van der Waals surface area contributed by atoms with E-state index in [9.17, 15) is 14.3 Å². The van der Waals surface area contributed by atoms with E-state index in [-0.39, 0.29) is 36.1 Å². The molecule has 0 saturated heterocycles. The lowest BCUT2D eigenvalue weighted by atomic mass is 9.87.